The van der Waals surface area contributed by atoms with Crippen molar-refractivity contribution >= 4 is 17.9 Å². The van der Waals surface area contributed by atoms with Crippen molar-refractivity contribution in [1.82, 2.24) is 15.5 Å². The molecule has 8 nitrogen and oxygen atoms in total. The molecular weight excluding hydrogens is 482 g/mol. The lowest BCUT2D eigenvalue weighted by molar-refractivity contribution is -0.146. The van der Waals surface area contributed by atoms with Gasteiger partial charge in [-0.05, 0) is 71.8 Å². The Morgan fingerprint density at radius 3 is 2.16 bits per heavy atom. The van der Waals surface area contributed by atoms with Crippen molar-refractivity contribution < 1.29 is 24.2 Å². The predicted molar refractivity (Wildman–Crippen MR) is 150 cm³/mol. The molecule has 1 aromatic rings. The van der Waals surface area contributed by atoms with Crippen LogP contribution in [0, 0.1) is 12.8 Å². The van der Waals surface area contributed by atoms with Gasteiger partial charge in [-0.3, -0.25) is 9.59 Å². The summed E-state index contributed by atoms with van der Waals surface area (Å²) in [5.74, 6) is -0.338. The average Bonchev–Trinajstić information content (AvgIpc) is 2.84. The Morgan fingerprint density at radius 1 is 1.03 bits per heavy atom. The molecule has 1 aliphatic carbocycles. The first kappa shape index (κ1) is 31.6. The number of nitrogens with one attached hydrogen (secondary N) is 2. The fourth-order valence-electron chi connectivity index (χ4n) is 4.84. The van der Waals surface area contributed by atoms with Crippen LogP contribution in [0.2, 0.25) is 0 Å². The molecule has 3 amide bonds. The molecule has 0 bridgehead atoms. The number of nitrogens with zero attached hydrogens (tertiary/aromatic N) is 1. The van der Waals surface area contributed by atoms with Crippen LogP contribution in [0.15, 0.2) is 24.3 Å². The van der Waals surface area contributed by atoms with Gasteiger partial charge in [-0.2, -0.15) is 0 Å². The summed E-state index contributed by atoms with van der Waals surface area (Å²) >= 11 is 0. The minimum Gasteiger partial charge on any atom is -0.444 e. The molecule has 1 saturated carbocycles. The number of benzene rings is 1. The van der Waals surface area contributed by atoms with Gasteiger partial charge in [0.05, 0.1) is 6.61 Å². The molecule has 8 heteroatoms. The van der Waals surface area contributed by atoms with E-state index in [1.54, 1.807) is 25.7 Å². The number of carbonyl (C=O) groups is 3. The zero-order chi connectivity index (χ0) is 28.5. The third kappa shape index (κ3) is 9.93. The third-order valence-electron chi connectivity index (χ3n) is 6.93. The fourth-order valence-corrected chi connectivity index (χ4v) is 4.84. The van der Waals surface area contributed by atoms with Crippen LogP contribution >= 0.6 is 0 Å². The zero-order valence-electron chi connectivity index (χ0n) is 24.4. The highest BCUT2D eigenvalue weighted by atomic mass is 16.6. The lowest BCUT2D eigenvalue weighted by atomic mass is 9.93. The average molecular weight is 532 g/mol. The van der Waals surface area contributed by atoms with Gasteiger partial charge in [-0.1, -0.05) is 62.9 Å². The van der Waals surface area contributed by atoms with Crippen molar-refractivity contribution in [3.8, 4) is 0 Å². The Bertz CT molecular complexity index is 903. The first-order chi connectivity index (χ1) is 17.8. The van der Waals surface area contributed by atoms with E-state index in [9.17, 15) is 19.5 Å². The van der Waals surface area contributed by atoms with Crippen LogP contribution in [-0.4, -0.2) is 58.2 Å². The van der Waals surface area contributed by atoms with Crippen LogP contribution in [0.25, 0.3) is 0 Å². The van der Waals surface area contributed by atoms with Crippen LogP contribution in [0.4, 0.5) is 4.79 Å². The molecule has 0 saturated heterocycles. The normalized spacial score (nSPS) is 16.9. The summed E-state index contributed by atoms with van der Waals surface area (Å²) in [5.41, 5.74) is 0.982. The lowest BCUT2D eigenvalue weighted by Crippen LogP contribution is -2.57. The molecular formula is C30H49N3O5. The smallest absolute Gasteiger partial charge is 0.408 e. The van der Waals surface area contributed by atoms with E-state index in [0.29, 0.717) is 17.9 Å². The first-order valence-corrected chi connectivity index (χ1v) is 14.1. The van der Waals surface area contributed by atoms with Crippen LogP contribution in [0.1, 0.15) is 104 Å². The molecule has 2 rings (SSSR count). The number of carbonyl (C=O) groups excluding carboxylic acids is 3. The van der Waals surface area contributed by atoms with E-state index in [1.165, 1.54) is 6.42 Å². The van der Waals surface area contributed by atoms with E-state index in [0.717, 1.165) is 37.7 Å². The van der Waals surface area contributed by atoms with Crippen LogP contribution < -0.4 is 10.6 Å². The molecule has 3 unspecified atom stereocenters. The molecule has 1 aliphatic rings. The second kappa shape index (κ2) is 14.5. The number of amides is 3. The van der Waals surface area contributed by atoms with Crippen molar-refractivity contribution in [2.45, 2.75) is 123 Å². The summed E-state index contributed by atoms with van der Waals surface area (Å²) in [4.78, 5) is 42.1. The molecule has 0 heterocycles. The SMILES string of the molecule is Cc1ccc(C(C(=O)NC2CCCCC2)N(C(=O)C(CO)NC(=O)OC(C)(C)C)C(C)CCC(C)C)cc1. The summed E-state index contributed by atoms with van der Waals surface area (Å²) < 4.78 is 5.33. The number of aryl methyl sites for hydroxylation is 1. The van der Waals surface area contributed by atoms with E-state index in [2.05, 4.69) is 24.5 Å². The van der Waals surface area contributed by atoms with Gasteiger partial charge in [0.2, 0.25) is 11.8 Å². The standard InChI is InChI=1S/C30H49N3O5/c1-20(2)13-16-22(4)33(28(36)25(19-34)32-29(37)38-30(5,6)7)26(23-17-14-21(3)15-18-23)27(35)31-24-11-9-8-10-12-24/h14-15,17-18,20,22,24-26,34H,8-13,16,19H2,1-7H3,(H,31,35)(H,32,37). The summed E-state index contributed by atoms with van der Waals surface area (Å²) in [6, 6.07) is 5.23. The van der Waals surface area contributed by atoms with E-state index < -0.39 is 36.3 Å². The molecule has 214 valence electrons. The van der Waals surface area contributed by atoms with E-state index in [1.807, 2.05) is 38.1 Å². The number of hydrogen-bond donors (Lipinski definition) is 3. The predicted octanol–water partition coefficient (Wildman–Crippen LogP) is 5.02. The van der Waals surface area contributed by atoms with Crippen LogP contribution in [0.3, 0.4) is 0 Å². The maximum atomic E-state index is 14.1. The Labute approximate surface area is 228 Å². The number of rotatable bonds is 11. The maximum absolute atomic E-state index is 14.1. The second-order valence-electron chi connectivity index (χ2n) is 12.1. The molecule has 0 aromatic heterocycles. The Balaban J connectivity index is 2.47. The highest BCUT2D eigenvalue weighted by Gasteiger charge is 2.39. The Morgan fingerprint density at radius 2 is 1.63 bits per heavy atom. The van der Waals surface area contributed by atoms with Gasteiger partial charge in [0.25, 0.3) is 0 Å². The van der Waals surface area contributed by atoms with E-state index >= 15 is 0 Å². The zero-order valence-corrected chi connectivity index (χ0v) is 24.4. The summed E-state index contributed by atoms with van der Waals surface area (Å²) in [7, 11) is 0. The van der Waals surface area contributed by atoms with Gasteiger partial charge >= 0.3 is 6.09 Å². The number of ether oxygens (including phenoxy) is 1. The molecule has 1 fully saturated rings. The number of aliphatic hydroxyl groups is 1. The minimum atomic E-state index is -1.25. The van der Waals surface area contributed by atoms with Crippen LogP contribution in [0.5, 0.6) is 0 Å². The van der Waals surface area contributed by atoms with E-state index in [4.69, 9.17) is 4.74 Å². The molecule has 38 heavy (non-hydrogen) atoms. The van der Waals surface area contributed by atoms with Gasteiger partial charge in [0, 0.05) is 12.1 Å². The third-order valence-corrected chi connectivity index (χ3v) is 6.93. The monoisotopic (exact) mass is 531 g/mol. The van der Waals surface area contributed by atoms with Crippen molar-refractivity contribution in [2.75, 3.05) is 6.61 Å². The number of aliphatic hydroxyl groups excluding tert-OH is 1. The van der Waals surface area contributed by atoms with Crippen molar-refractivity contribution in [1.29, 1.82) is 0 Å². The first-order valence-electron chi connectivity index (χ1n) is 14.1. The molecule has 0 aliphatic heterocycles. The van der Waals surface area contributed by atoms with E-state index in [-0.39, 0.29) is 18.0 Å². The Hall–Kier alpha value is -2.61. The molecule has 3 atom stereocenters. The molecule has 0 spiro atoms. The molecule has 0 radical (unpaired) electrons. The van der Waals surface area contributed by atoms with Gasteiger partial charge in [0.1, 0.15) is 17.7 Å². The summed E-state index contributed by atoms with van der Waals surface area (Å²) in [5, 5.41) is 15.9. The second-order valence-corrected chi connectivity index (χ2v) is 12.1. The Kier molecular flexibility index (Phi) is 12.1. The van der Waals surface area contributed by atoms with Gasteiger partial charge in [-0.15, -0.1) is 0 Å². The minimum absolute atomic E-state index is 0.0700. The van der Waals surface area contributed by atoms with Crippen LogP contribution in [-0.2, 0) is 14.3 Å². The van der Waals surface area contributed by atoms with Crippen molar-refractivity contribution in [3.63, 3.8) is 0 Å². The van der Waals surface area contributed by atoms with Gasteiger partial charge < -0.3 is 25.4 Å². The number of alkyl carbamates (subject to hydrolysis) is 1. The van der Waals surface area contributed by atoms with Gasteiger partial charge in [0.15, 0.2) is 0 Å². The summed E-state index contributed by atoms with van der Waals surface area (Å²) in [6.07, 6.45) is 5.88. The van der Waals surface area contributed by atoms with Crippen molar-refractivity contribution in [3.05, 3.63) is 35.4 Å². The fraction of sp³-hybridized carbons (Fsp3) is 0.700. The topological polar surface area (TPSA) is 108 Å². The van der Waals surface area contributed by atoms with Crippen molar-refractivity contribution in [2.24, 2.45) is 5.92 Å². The summed E-state index contributed by atoms with van der Waals surface area (Å²) in [6.45, 7) is 12.7. The largest absolute Gasteiger partial charge is 0.444 e. The quantitative estimate of drug-likeness (QED) is 0.371. The number of hydrogen-bond acceptors (Lipinski definition) is 5. The highest BCUT2D eigenvalue weighted by Crippen LogP contribution is 2.29. The van der Waals surface area contributed by atoms with Gasteiger partial charge in [-0.25, -0.2) is 4.79 Å². The highest BCUT2D eigenvalue weighted by molar-refractivity contribution is 5.92. The lowest BCUT2D eigenvalue weighted by Gasteiger charge is -2.39. The molecule has 1 aromatic carbocycles. The molecule has 3 N–H and O–H groups in total. The maximum Gasteiger partial charge on any atom is 0.408 e.